The molecule has 0 radical (unpaired) electrons. The monoisotopic (exact) mass is 418 g/mol. The number of allylic oxidation sites excluding steroid dienone is 1. The van der Waals surface area contributed by atoms with Crippen molar-refractivity contribution < 1.29 is 12.8 Å². The van der Waals surface area contributed by atoms with Gasteiger partial charge < -0.3 is 4.42 Å². The highest BCUT2D eigenvalue weighted by Crippen LogP contribution is 2.31. The minimum atomic E-state index is -3.69. The lowest BCUT2D eigenvalue weighted by atomic mass is 10.1. The maximum absolute atomic E-state index is 12.7. The second kappa shape index (κ2) is 7.64. The second-order valence-corrected chi connectivity index (χ2v) is 8.81. The fourth-order valence-electron chi connectivity index (χ4n) is 2.90. The number of hydrogen-bond acceptors (Lipinski definition) is 7. The molecule has 0 bridgehead atoms. The van der Waals surface area contributed by atoms with E-state index in [4.69, 9.17) is 4.42 Å². The van der Waals surface area contributed by atoms with Gasteiger partial charge in [-0.3, -0.25) is 4.98 Å². The molecule has 0 saturated carbocycles. The van der Waals surface area contributed by atoms with Crippen LogP contribution < -0.4 is 0 Å². The molecular weight excluding hydrogens is 400 g/mol. The largest absolute Gasteiger partial charge is 0.415 e. The molecule has 0 amide bonds. The Morgan fingerprint density at radius 3 is 2.37 bits per heavy atom. The van der Waals surface area contributed by atoms with Crippen molar-refractivity contribution in [1.29, 1.82) is 0 Å². The molecule has 0 unspecified atom stereocenters. The Hall–Kier alpha value is -3.65. The lowest BCUT2D eigenvalue weighted by Gasteiger charge is -2.11. The summed E-state index contributed by atoms with van der Waals surface area (Å²) in [5, 5.41) is 8.20. The predicted molar refractivity (Wildman–Crippen MR) is 113 cm³/mol. The first-order chi connectivity index (χ1) is 14.4. The topological polar surface area (TPSA) is 98.8 Å². The third-order valence-electron chi connectivity index (χ3n) is 4.52. The van der Waals surface area contributed by atoms with E-state index in [1.807, 2.05) is 30.3 Å². The standard InChI is InChI=1S/C22H18N4O3S/c1-14(2)30(27,28)19-12-8-7-11-17(19)18-13-23-15(3)20(24-18)22-26-25-21(29-22)16-9-5-4-6-10-16/h4-13H,1H2,2-3H3. The van der Waals surface area contributed by atoms with E-state index in [1.54, 1.807) is 25.1 Å². The van der Waals surface area contributed by atoms with Crippen LogP contribution in [0, 0.1) is 6.92 Å². The number of benzene rings is 2. The molecule has 0 spiro atoms. The number of sulfone groups is 1. The van der Waals surface area contributed by atoms with Crippen LogP contribution in [0.2, 0.25) is 0 Å². The van der Waals surface area contributed by atoms with E-state index < -0.39 is 9.84 Å². The van der Waals surface area contributed by atoms with Crippen molar-refractivity contribution in [2.24, 2.45) is 0 Å². The molecule has 8 heteroatoms. The minimum absolute atomic E-state index is 0.0552. The number of hydrogen-bond donors (Lipinski definition) is 0. The van der Waals surface area contributed by atoms with Gasteiger partial charge in [0.25, 0.3) is 5.89 Å². The molecule has 0 atom stereocenters. The SMILES string of the molecule is C=C(C)S(=O)(=O)c1ccccc1-c1cnc(C)c(-c2nnc(-c3ccccc3)o2)n1. The first-order valence-electron chi connectivity index (χ1n) is 9.11. The van der Waals surface area contributed by atoms with E-state index >= 15 is 0 Å². The second-order valence-electron chi connectivity index (χ2n) is 6.67. The summed E-state index contributed by atoms with van der Waals surface area (Å²) in [6.07, 6.45) is 1.53. The van der Waals surface area contributed by atoms with Crippen LogP contribution in [0.25, 0.3) is 34.3 Å². The molecule has 2 aromatic heterocycles. The maximum atomic E-state index is 12.7. The summed E-state index contributed by atoms with van der Waals surface area (Å²) < 4.78 is 31.2. The average molecular weight is 418 g/mol. The van der Waals surface area contributed by atoms with Crippen LogP contribution in [0.3, 0.4) is 0 Å². The molecule has 0 aliphatic heterocycles. The van der Waals surface area contributed by atoms with Gasteiger partial charge in [0.2, 0.25) is 15.7 Å². The Labute approximate surface area is 174 Å². The van der Waals surface area contributed by atoms with Gasteiger partial charge in [-0.25, -0.2) is 13.4 Å². The summed E-state index contributed by atoms with van der Waals surface area (Å²) in [6, 6.07) is 16.0. The van der Waals surface area contributed by atoms with Gasteiger partial charge in [-0.15, -0.1) is 10.2 Å². The van der Waals surface area contributed by atoms with Crippen molar-refractivity contribution in [3.63, 3.8) is 0 Å². The van der Waals surface area contributed by atoms with Gasteiger partial charge in [-0.1, -0.05) is 43.0 Å². The van der Waals surface area contributed by atoms with Crippen LogP contribution in [-0.2, 0) is 9.84 Å². The number of nitrogens with zero attached hydrogens (tertiary/aromatic N) is 4. The van der Waals surface area contributed by atoms with Gasteiger partial charge in [0.05, 0.1) is 22.5 Å². The number of aryl methyl sites for hydroxylation is 1. The maximum Gasteiger partial charge on any atom is 0.268 e. The van der Waals surface area contributed by atoms with Crippen molar-refractivity contribution in [3.8, 4) is 34.3 Å². The smallest absolute Gasteiger partial charge is 0.268 e. The summed E-state index contributed by atoms with van der Waals surface area (Å²) in [7, 11) is -3.69. The van der Waals surface area contributed by atoms with Crippen LogP contribution in [0.4, 0.5) is 0 Å². The zero-order valence-electron chi connectivity index (χ0n) is 16.4. The highest BCUT2D eigenvalue weighted by Gasteiger charge is 2.22. The lowest BCUT2D eigenvalue weighted by molar-refractivity contribution is 0.581. The normalized spacial score (nSPS) is 11.4. The van der Waals surface area contributed by atoms with Gasteiger partial charge in [0.15, 0.2) is 0 Å². The molecule has 2 aromatic carbocycles. The third kappa shape index (κ3) is 3.53. The molecule has 0 aliphatic carbocycles. The van der Waals surface area contributed by atoms with E-state index in [-0.39, 0.29) is 15.7 Å². The first kappa shape index (κ1) is 19.7. The Kier molecular flexibility index (Phi) is 5.01. The van der Waals surface area contributed by atoms with Crippen molar-refractivity contribution in [1.82, 2.24) is 20.2 Å². The van der Waals surface area contributed by atoms with Crippen molar-refractivity contribution >= 4 is 9.84 Å². The Morgan fingerprint density at radius 1 is 0.967 bits per heavy atom. The quantitative estimate of drug-likeness (QED) is 0.471. The van der Waals surface area contributed by atoms with Crippen LogP contribution in [0.15, 0.2) is 81.6 Å². The summed E-state index contributed by atoms with van der Waals surface area (Å²) in [4.78, 5) is 9.15. The third-order valence-corrected chi connectivity index (χ3v) is 6.37. The fourth-order valence-corrected chi connectivity index (χ4v) is 3.99. The summed E-state index contributed by atoms with van der Waals surface area (Å²) in [5.74, 6) is 0.573. The molecule has 4 aromatic rings. The summed E-state index contributed by atoms with van der Waals surface area (Å²) in [6.45, 7) is 6.82. The highest BCUT2D eigenvalue weighted by atomic mass is 32.2. The summed E-state index contributed by atoms with van der Waals surface area (Å²) in [5.41, 5.74) is 2.58. The zero-order valence-corrected chi connectivity index (χ0v) is 17.2. The molecule has 0 saturated heterocycles. The molecule has 2 heterocycles. The number of aromatic nitrogens is 4. The van der Waals surface area contributed by atoms with Gasteiger partial charge in [0, 0.05) is 16.0 Å². The van der Waals surface area contributed by atoms with Crippen molar-refractivity contribution in [2.45, 2.75) is 18.7 Å². The Balaban J connectivity index is 1.82. The predicted octanol–water partition coefficient (Wildman–Crippen LogP) is 4.48. The first-order valence-corrected chi connectivity index (χ1v) is 10.6. The summed E-state index contributed by atoms with van der Waals surface area (Å²) >= 11 is 0. The highest BCUT2D eigenvalue weighted by molar-refractivity contribution is 7.95. The van der Waals surface area contributed by atoms with Crippen LogP contribution in [0.1, 0.15) is 12.6 Å². The average Bonchev–Trinajstić information content (AvgIpc) is 3.25. The van der Waals surface area contributed by atoms with Crippen LogP contribution in [0.5, 0.6) is 0 Å². The van der Waals surface area contributed by atoms with Crippen LogP contribution in [-0.4, -0.2) is 28.6 Å². The van der Waals surface area contributed by atoms with E-state index in [2.05, 4.69) is 26.7 Å². The molecular formula is C22H18N4O3S. The molecule has 30 heavy (non-hydrogen) atoms. The van der Waals surface area contributed by atoms with E-state index in [0.29, 0.717) is 28.5 Å². The Morgan fingerprint density at radius 2 is 1.63 bits per heavy atom. The van der Waals surface area contributed by atoms with Gasteiger partial charge in [-0.05, 0) is 32.0 Å². The van der Waals surface area contributed by atoms with E-state index in [0.717, 1.165) is 5.56 Å². The molecule has 150 valence electrons. The Bertz CT molecular complexity index is 1350. The fraction of sp³-hybridized carbons (Fsp3) is 0.0909. The van der Waals surface area contributed by atoms with E-state index in [9.17, 15) is 8.42 Å². The molecule has 0 N–H and O–H groups in total. The van der Waals surface area contributed by atoms with Gasteiger partial charge in [0.1, 0.15) is 5.69 Å². The van der Waals surface area contributed by atoms with E-state index in [1.165, 1.54) is 19.2 Å². The molecule has 7 nitrogen and oxygen atoms in total. The number of rotatable bonds is 5. The molecule has 0 fully saturated rings. The van der Waals surface area contributed by atoms with Gasteiger partial charge >= 0.3 is 0 Å². The molecule has 0 aliphatic rings. The minimum Gasteiger partial charge on any atom is -0.415 e. The molecule has 4 rings (SSSR count). The van der Waals surface area contributed by atoms with Crippen molar-refractivity contribution in [2.75, 3.05) is 0 Å². The lowest BCUT2D eigenvalue weighted by Crippen LogP contribution is -2.05. The van der Waals surface area contributed by atoms with Crippen molar-refractivity contribution in [3.05, 3.63) is 78.0 Å². The zero-order chi connectivity index (χ0) is 21.3. The van der Waals surface area contributed by atoms with Crippen LogP contribution >= 0.6 is 0 Å². The van der Waals surface area contributed by atoms with Gasteiger partial charge in [-0.2, -0.15) is 0 Å².